The average Bonchev–Trinajstić information content (AvgIpc) is 2.80. The molecule has 0 heterocycles. The van der Waals surface area contributed by atoms with Crippen LogP contribution in [0, 0.1) is 13.8 Å². The Morgan fingerprint density at radius 2 is 1.64 bits per heavy atom. The van der Waals surface area contributed by atoms with E-state index in [1.165, 1.54) is 17.7 Å². The van der Waals surface area contributed by atoms with Gasteiger partial charge < -0.3 is 10.1 Å². The van der Waals surface area contributed by atoms with Gasteiger partial charge in [-0.05, 0) is 80.8 Å². The fourth-order valence-corrected chi connectivity index (χ4v) is 4.89. The van der Waals surface area contributed by atoms with Crippen molar-refractivity contribution >= 4 is 21.6 Å². The summed E-state index contributed by atoms with van der Waals surface area (Å²) >= 11 is 0. The number of benzene rings is 3. The van der Waals surface area contributed by atoms with E-state index in [1.807, 2.05) is 45.9 Å². The molecule has 0 radical (unpaired) electrons. The Hall–Kier alpha value is -3.32. The molecule has 7 heteroatoms. The second kappa shape index (κ2) is 10.5. The van der Waals surface area contributed by atoms with Gasteiger partial charge in [0, 0.05) is 0 Å². The first-order valence-electron chi connectivity index (χ1n) is 10.9. The fourth-order valence-electron chi connectivity index (χ4n) is 3.44. The van der Waals surface area contributed by atoms with Gasteiger partial charge in [0.25, 0.3) is 10.0 Å². The Morgan fingerprint density at radius 3 is 2.24 bits per heavy atom. The van der Waals surface area contributed by atoms with E-state index < -0.39 is 15.9 Å². The van der Waals surface area contributed by atoms with Crippen molar-refractivity contribution in [3.05, 3.63) is 89.5 Å². The molecule has 0 aromatic heterocycles. The summed E-state index contributed by atoms with van der Waals surface area (Å²) < 4.78 is 33.5. The number of anilines is 1. The summed E-state index contributed by atoms with van der Waals surface area (Å²) in [6, 6.07) is 20.5. The molecule has 0 aliphatic heterocycles. The maximum atomic E-state index is 13.4. The molecule has 0 bridgehead atoms. The highest BCUT2D eigenvalue weighted by Crippen LogP contribution is 2.26. The first-order valence-corrected chi connectivity index (χ1v) is 12.3. The molecule has 1 amide bonds. The Balaban J connectivity index is 1.87. The number of carbonyl (C=O) groups excluding carboxylic acids is 1. The number of amides is 1. The van der Waals surface area contributed by atoms with Gasteiger partial charge in [-0.3, -0.25) is 9.10 Å². The molecule has 3 rings (SSSR count). The van der Waals surface area contributed by atoms with Crippen LogP contribution in [0.2, 0.25) is 0 Å². The highest BCUT2D eigenvalue weighted by atomic mass is 32.2. The number of nitrogens with one attached hydrogen (secondary N) is 1. The smallest absolute Gasteiger partial charge is 0.264 e. The molecule has 3 aromatic rings. The van der Waals surface area contributed by atoms with Crippen LogP contribution in [0.25, 0.3) is 0 Å². The Labute approximate surface area is 196 Å². The molecule has 0 aliphatic carbocycles. The largest absolute Gasteiger partial charge is 0.494 e. The lowest BCUT2D eigenvalue weighted by Gasteiger charge is -2.25. The van der Waals surface area contributed by atoms with E-state index in [-0.39, 0.29) is 17.5 Å². The first-order chi connectivity index (χ1) is 15.7. The van der Waals surface area contributed by atoms with E-state index in [9.17, 15) is 13.2 Å². The summed E-state index contributed by atoms with van der Waals surface area (Å²) in [5.74, 6) is 0.236. The molecule has 6 nitrogen and oxygen atoms in total. The van der Waals surface area contributed by atoms with Gasteiger partial charge in [0.2, 0.25) is 5.91 Å². The van der Waals surface area contributed by atoms with Crippen LogP contribution in [0.3, 0.4) is 0 Å². The van der Waals surface area contributed by atoms with Crippen LogP contribution in [-0.4, -0.2) is 27.5 Å². The van der Waals surface area contributed by atoms with Gasteiger partial charge >= 0.3 is 0 Å². The summed E-state index contributed by atoms with van der Waals surface area (Å²) in [7, 11) is -3.96. The van der Waals surface area contributed by atoms with Crippen molar-refractivity contribution in [2.45, 2.75) is 38.6 Å². The molecule has 3 aromatic carbocycles. The third kappa shape index (κ3) is 5.93. The summed E-state index contributed by atoms with van der Waals surface area (Å²) in [5, 5.41) is 2.93. The van der Waals surface area contributed by atoms with Crippen LogP contribution >= 0.6 is 0 Å². The topological polar surface area (TPSA) is 75.7 Å². The summed E-state index contributed by atoms with van der Waals surface area (Å²) in [6.45, 7) is 7.97. The van der Waals surface area contributed by atoms with Crippen LogP contribution in [0.4, 0.5) is 5.69 Å². The molecule has 0 spiro atoms. The van der Waals surface area contributed by atoms with Gasteiger partial charge in [0.05, 0.1) is 23.2 Å². The lowest BCUT2D eigenvalue weighted by molar-refractivity contribution is -0.120. The van der Waals surface area contributed by atoms with Gasteiger partial charge in [-0.1, -0.05) is 36.4 Å². The molecular weight excluding hydrogens is 436 g/mol. The minimum atomic E-state index is -3.96. The molecule has 0 saturated carbocycles. The van der Waals surface area contributed by atoms with Crippen LogP contribution in [0.5, 0.6) is 5.75 Å². The summed E-state index contributed by atoms with van der Waals surface area (Å²) in [6.07, 6.45) is 0. The van der Waals surface area contributed by atoms with Crippen molar-refractivity contribution in [2.75, 3.05) is 17.5 Å². The third-order valence-corrected chi connectivity index (χ3v) is 7.25. The minimum absolute atomic E-state index is 0.119. The number of nitrogens with zero attached hydrogens (tertiary/aromatic N) is 1. The van der Waals surface area contributed by atoms with E-state index in [2.05, 4.69) is 5.32 Å². The molecule has 1 atom stereocenters. The number of carbonyl (C=O) groups is 1. The Kier molecular flexibility index (Phi) is 7.76. The predicted molar refractivity (Wildman–Crippen MR) is 131 cm³/mol. The average molecular weight is 467 g/mol. The first kappa shape index (κ1) is 24.3. The standard InChI is InChI=1S/C26H30N2O4S/c1-5-32-24-15-13-23(14-16-24)28(33(30,31)25-9-7-6-8-10-25)18-26(29)27-21(4)22-12-11-19(2)20(3)17-22/h6-17,21H,5,18H2,1-4H3,(H,27,29). The molecule has 1 N–H and O–H groups in total. The van der Waals surface area contributed by atoms with E-state index >= 15 is 0 Å². The van der Waals surface area contributed by atoms with Gasteiger partial charge in [-0.15, -0.1) is 0 Å². The third-order valence-electron chi connectivity index (χ3n) is 5.46. The van der Waals surface area contributed by atoms with Crippen LogP contribution in [0.1, 0.15) is 36.6 Å². The highest BCUT2D eigenvalue weighted by Gasteiger charge is 2.27. The van der Waals surface area contributed by atoms with Crippen molar-refractivity contribution in [1.29, 1.82) is 0 Å². The van der Waals surface area contributed by atoms with Crippen LogP contribution < -0.4 is 14.4 Å². The second-order valence-electron chi connectivity index (χ2n) is 7.88. The van der Waals surface area contributed by atoms with Crippen LogP contribution in [-0.2, 0) is 14.8 Å². The van der Waals surface area contributed by atoms with Crippen LogP contribution in [0.15, 0.2) is 77.7 Å². The van der Waals surface area contributed by atoms with E-state index in [1.54, 1.807) is 42.5 Å². The zero-order valence-electron chi connectivity index (χ0n) is 19.4. The van der Waals surface area contributed by atoms with E-state index in [4.69, 9.17) is 4.74 Å². The second-order valence-corrected chi connectivity index (χ2v) is 9.75. The number of rotatable bonds is 9. The monoisotopic (exact) mass is 466 g/mol. The molecule has 0 aliphatic rings. The Morgan fingerprint density at radius 1 is 0.970 bits per heavy atom. The molecule has 0 fully saturated rings. The maximum Gasteiger partial charge on any atom is 0.264 e. The number of ether oxygens (including phenoxy) is 1. The Bertz CT molecular complexity index is 1190. The lowest BCUT2D eigenvalue weighted by atomic mass is 10.0. The lowest BCUT2D eigenvalue weighted by Crippen LogP contribution is -2.41. The molecular formula is C26H30N2O4S. The molecule has 1 unspecified atom stereocenters. The quantitative estimate of drug-likeness (QED) is 0.493. The van der Waals surface area contributed by atoms with Crippen molar-refractivity contribution in [3.8, 4) is 5.75 Å². The minimum Gasteiger partial charge on any atom is -0.494 e. The van der Waals surface area contributed by atoms with Crippen molar-refractivity contribution < 1.29 is 17.9 Å². The predicted octanol–water partition coefficient (Wildman–Crippen LogP) is 4.77. The van der Waals surface area contributed by atoms with Gasteiger partial charge in [0.1, 0.15) is 12.3 Å². The number of aryl methyl sites for hydroxylation is 2. The summed E-state index contributed by atoms with van der Waals surface area (Å²) in [5.41, 5.74) is 3.66. The van der Waals surface area contributed by atoms with E-state index in [0.29, 0.717) is 18.0 Å². The fraction of sp³-hybridized carbons (Fsp3) is 0.269. The zero-order valence-corrected chi connectivity index (χ0v) is 20.2. The maximum absolute atomic E-state index is 13.4. The summed E-state index contributed by atoms with van der Waals surface area (Å²) in [4.78, 5) is 13.1. The SMILES string of the molecule is CCOc1ccc(N(CC(=O)NC(C)c2ccc(C)c(C)c2)S(=O)(=O)c2ccccc2)cc1. The molecule has 33 heavy (non-hydrogen) atoms. The highest BCUT2D eigenvalue weighted by molar-refractivity contribution is 7.92. The van der Waals surface area contributed by atoms with Gasteiger partial charge in [-0.2, -0.15) is 0 Å². The van der Waals surface area contributed by atoms with Crippen molar-refractivity contribution in [2.24, 2.45) is 0 Å². The molecule has 174 valence electrons. The number of hydrogen-bond donors (Lipinski definition) is 1. The van der Waals surface area contributed by atoms with Gasteiger partial charge in [0.15, 0.2) is 0 Å². The van der Waals surface area contributed by atoms with Crippen molar-refractivity contribution in [3.63, 3.8) is 0 Å². The molecule has 0 saturated heterocycles. The van der Waals surface area contributed by atoms with Gasteiger partial charge in [-0.25, -0.2) is 8.42 Å². The number of hydrogen-bond acceptors (Lipinski definition) is 4. The van der Waals surface area contributed by atoms with Crippen molar-refractivity contribution in [1.82, 2.24) is 5.32 Å². The number of sulfonamides is 1. The van der Waals surface area contributed by atoms with E-state index in [0.717, 1.165) is 15.4 Å². The zero-order chi connectivity index (χ0) is 24.0. The normalized spacial score (nSPS) is 12.1.